The van der Waals surface area contributed by atoms with Crippen LogP contribution in [0.3, 0.4) is 0 Å². The second-order valence-corrected chi connectivity index (χ2v) is 4.37. The van der Waals surface area contributed by atoms with E-state index in [1.54, 1.807) is 0 Å². The summed E-state index contributed by atoms with van der Waals surface area (Å²) in [4.78, 5) is 0. The van der Waals surface area contributed by atoms with Crippen molar-refractivity contribution in [2.75, 3.05) is 12.3 Å². The molecule has 0 aromatic heterocycles. The molecule has 5 heteroatoms. The Bertz CT molecular complexity index is 572. The lowest BCUT2D eigenvalue weighted by Crippen LogP contribution is -2.29. The number of hydrazine groups is 1. The van der Waals surface area contributed by atoms with Crippen LogP contribution in [0.5, 0.6) is 5.75 Å². The summed E-state index contributed by atoms with van der Waals surface area (Å²) in [5, 5.41) is 0. The van der Waals surface area contributed by atoms with Crippen LogP contribution in [0.2, 0.25) is 0 Å². The van der Waals surface area contributed by atoms with E-state index < -0.39 is 0 Å². The molecule has 0 aliphatic rings. The van der Waals surface area contributed by atoms with Crippen molar-refractivity contribution in [1.29, 1.82) is 0 Å². The van der Waals surface area contributed by atoms with E-state index in [0.717, 1.165) is 11.3 Å². The fourth-order valence-electron chi connectivity index (χ4n) is 2.08. The molecule has 0 aliphatic carbocycles. The lowest BCUT2D eigenvalue weighted by Gasteiger charge is -2.19. The van der Waals surface area contributed by atoms with Crippen molar-refractivity contribution in [2.45, 2.75) is 13.0 Å². The molecule has 0 bridgehead atoms. The fourth-order valence-corrected chi connectivity index (χ4v) is 2.08. The van der Waals surface area contributed by atoms with Gasteiger partial charge in [-0.25, -0.2) is 9.82 Å². The van der Waals surface area contributed by atoms with Gasteiger partial charge in [0, 0.05) is 11.3 Å². The van der Waals surface area contributed by atoms with Crippen LogP contribution in [0.15, 0.2) is 42.5 Å². The molecule has 2 aromatic carbocycles. The van der Waals surface area contributed by atoms with Crippen molar-refractivity contribution in [3.63, 3.8) is 0 Å². The van der Waals surface area contributed by atoms with Crippen molar-refractivity contribution in [2.24, 2.45) is 5.84 Å². The van der Waals surface area contributed by atoms with Crippen LogP contribution < -0.4 is 21.7 Å². The minimum atomic E-state index is -0.374. The summed E-state index contributed by atoms with van der Waals surface area (Å²) in [6, 6.07) is 11.3. The highest BCUT2D eigenvalue weighted by Gasteiger charge is 2.16. The number of nitrogen functional groups attached to an aromatic ring is 1. The molecule has 5 N–H and O–H groups in total. The molecule has 0 amide bonds. The Kier molecular flexibility index (Phi) is 4.55. The molecule has 2 rings (SSSR count). The highest BCUT2D eigenvalue weighted by atomic mass is 19.1. The summed E-state index contributed by atoms with van der Waals surface area (Å²) in [6.45, 7) is 2.53. The maximum Gasteiger partial charge on any atom is 0.123 e. The molecule has 0 saturated carbocycles. The average molecular weight is 275 g/mol. The molecule has 0 saturated heterocycles. The number of hydrogen-bond acceptors (Lipinski definition) is 4. The lowest BCUT2D eigenvalue weighted by molar-refractivity contribution is 0.340. The van der Waals surface area contributed by atoms with Crippen molar-refractivity contribution >= 4 is 5.69 Å². The van der Waals surface area contributed by atoms with Crippen molar-refractivity contribution < 1.29 is 9.13 Å². The second kappa shape index (κ2) is 6.36. The fraction of sp³-hybridized carbons (Fsp3) is 0.200. The van der Waals surface area contributed by atoms with Crippen LogP contribution in [0.1, 0.15) is 24.1 Å². The normalized spacial score (nSPS) is 12.2. The highest BCUT2D eigenvalue weighted by Crippen LogP contribution is 2.28. The standard InChI is InChI=1S/C15H18FN3O/c1-2-20-12-6-3-10(4-7-12)15(19-18)13-9-11(16)5-8-14(13)17/h3-9,15,19H,2,17-18H2,1H3. The first-order valence-corrected chi connectivity index (χ1v) is 6.39. The molecule has 0 heterocycles. The average Bonchev–Trinajstić information content (AvgIpc) is 2.45. The van der Waals surface area contributed by atoms with Gasteiger partial charge in [-0.3, -0.25) is 5.84 Å². The van der Waals surface area contributed by atoms with Crippen molar-refractivity contribution in [3.05, 3.63) is 59.4 Å². The van der Waals surface area contributed by atoms with Gasteiger partial charge in [-0.1, -0.05) is 12.1 Å². The van der Waals surface area contributed by atoms with Gasteiger partial charge in [0.05, 0.1) is 12.6 Å². The molecule has 4 nitrogen and oxygen atoms in total. The van der Waals surface area contributed by atoms with E-state index in [1.165, 1.54) is 18.2 Å². The van der Waals surface area contributed by atoms with Gasteiger partial charge in [0.25, 0.3) is 0 Å². The highest BCUT2D eigenvalue weighted by molar-refractivity contribution is 5.51. The summed E-state index contributed by atoms with van der Waals surface area (Å²) in [5.41, 5.74) is 10.5. The molecule has 1 atom stereocenters. The Morgan fingerprint density at radius 1 is 1.20 bits per heavy atom. The van der Waals surface area contributed by atoms with Gasteiger partial charge < -0.3 is 10.5 Å². The zero-order valence-electron chi connectivity index (χ0n) is 11.3. The lowest BCUT2D eigenvalue weighted by atomic mass is 9.97. The largest absolute Gasteiger partial charge is 0.494 e. The van der Waals surface area contributed by atoms with Crippen molar-refractivity contribution in [3.8, 4) is 5.75 Å². The third kappa shape index (κ3) is 3.07. The van der Waals surface area contributed by atoms with Gasteiger partial charge in [-0.2, -0.15) is 0 Å². The van der Waals surface area contributed by atoms with E-state index >= 15 is 0 Å². The number of ether oxygens (including phenoxy) is 1. The van der Waals surface area contributed by atoms with Crippen LogP contribution in [-0.4, -0.2) is 6.61 Å². The van der Waals surface area contributed by atoms with Gasteiger partial charge >= 0.3 is 0 Å². The van der Waals surface area contributed by atoms with Gasteiger partial charge in [0.15, 0.2) is 0 Å². The van der Waals surface area contributed by atoms with Gasteiger partial charge in [-0.15, -0.1) is 0 Å². The SMILES string of the molecule is CCOc1ccc(C(NN)c2cc(F)ccc2N)cc1. The molecule has 0 radical (unpaired) electrons. The maximum atomic E-state index is 13.4. The quantitative estimate of drug-likeness (QED) is 0.445. The first-order valence-electron chi connectivity index (χ1n) is 6.39. The number of halogens is 1. The summed E-state index contributed by atoms with van der Waals surface area (Å²) in [6.07, 6.45) is 0. The van der Waals surface area contributed by atoms with Crippen LogP contribution in [0.4, 0.5) is 10.1 Å². The molecule has 20 heavy (non-hydrogen) atoms. The Balaban J connectivity index is 2.34. The minimum Gasteiger partial charge on any atom is -0.494 e. The summed E-state index contributed by atoms with van der Waals surface area (Å²) < 4.78 is 18.8. The number of hydrogen-bond donors (Lipinski definition) is 3. The topological polar surface area (TPSA) is 73.3 Å². The Morgan fingerprint density at radius 2 is 1.90 bits per heavy atom. The van der Waals surface area contributed by atoms with Crippen LogP contribution in [0.25, 0.3) is 0 Å². The maximum absolute atomic E-state index is 13.4. The van der Waals surface area contributed by atoms with E-state index in [0.29, 0.717) is 17.9 Å². The van der Waals surface area contributed by atoms with E-state index in [-0.39, 0.29) is 11.9 Å². The summed E-state index contributed by atoms with van der Waals surface area (Å²) >= 11 is 0. The number of nitrogens with two attached hydrogens (primary N) is 2. The van der Waals surface area contributed by atoms with Crippen molar-refractivity contribution in [1.82, 2.24) is 5.43 Å². The van der Waals surface area contributed by atoms with E-state index in [4.69, 9.17) is 16.3 Å². The van der Waals surface area contributed by atoms with E-state index in [1.807, 2.05) is 31.2 Å². The first kappa shape index (κ1) is 14.3. The van der Waals surface area contributed by atoms with Crippen LogP contribution >= 0.6 is 0 Å². The predicted octanol–water partition coefficient (Wildman–Crippen LogP) is 2.36. The Hall–Kier alpha value is -2.11. The zero-order valence-corrected chi connectivity index (χ0v) is 11.3. The second-order valence-electron chi connectivity index (χ2n) is 4.37. The molecule has 0 aliphatic heterocycles. The van der Waals surface area contributed by atoms with Crippen LogP contribution in [-0.2, 0) is 0 Å². The molecular weight excluding hydrogens is 257 g/mol. The van der Waals surface area contributed by atoms with Gasteiger partial charge in [-0.05, 0) is 42.8 Å². The smallest absolute Gasteiger partial charge is 0.123 e. The zero-order chi connectivity index (χ0) is 14.5. The molecular formula is C15H18FN3O. The Labute approximate surface area is 117 Å². The number of nitrogens with one attached hydrogen (secondary N) is 1. The number of benzene rings is 2. The monoisotopic (exact) mass is 275 g/mol. The summed E-state index contributed by atoms with van der Waals surface area (Å²) in [5.74, 6) is 6.02. The molecule has 1 unspecified atom stereocenters. The molecule has 0 fully saturated rings. The van der Waals surface area contributed by atoms with E-state index in [2.05, 4.69) is 5.43 Å². The Morgan fingerprint density at radius 3 is 2.50 bits per heavy atom. The van der Waals surface area contributed by atoms with Gasteiger partial charge in [0.2, 0.25) is 0 Å². The number of anilines is 1. The minimum absolute atomic E-state index is 0.347. The van der Waals surface area contributed by atoms with Crippen LogP contribution in [0, 0.1) is 5.82 Å². The molecule has 2 aromatic rings. The molecule has 0 spiro atoms. The first-order chi connectivity index (χ1) is 9.65. The van der Waals surface area contributed by atoms with E-state index in [9.17, 15) is 4.39 Å². The predicted molar refractivity (Wildman–Crippen MR) is 77.6 cm³/mol. The third-order valence-electron chi connectivity index (χ3n) is 3.05. The third-order valence-corrected chi connectivity index (χ3v) is 3.05. The van der Waals surface area contributed by atoms with Gasteiger partial charge in [0.1, 0.15) is 11.6 Å². The molecule has 106 valence electrons. The number of rotatable bonds is 5. The summed E-state index contributed by atoms with van der Waals surface area (Å²) in [7, 11) is 0.